The number of benzene rings is 2. The fraction of sp³-hybridized carbons (Fsp3) is 0.300. The molecule has 1 aromatic heterocycles. The fourth-order valence-electron chi connectivity index (χ4n) is 2.78. The lowest BCUT2D eigenvalue weighted by atomic mass is 10.1. The number of hydrogen-bond acceptors (Lipinski definition) is 2. The van der Waals surface area contributed by atoms with Gasteiger partial charge in [0.1, 0.15) is 12.4 Å². The quantitative estimate of drug-likeness (QED) is 0.777. The van der Waals surface area contributed by atoms with Crippen LogP contribution in [0.2, 0.25) is 0 Å². The van der Waals surface area contributed by atoms with Gasteiger partial charge in [-0.05, 0) is 30.5 Å². The number of aryl methyl sites for hydroxylation is 1. The minimum atomic E-state index is 0.0155. The molecule has 0 aliphatic rings. The second kappa shape index (κ2) is 6.87. The predicted molar refractivity (Wildman–Crippen MR) is 97.8 cm³/mol. The van der Waals surface area contributed by atoms with Gasteiger partial charge < -0.3 is 9.88 Å². The number of para-hydroxylation sites is 2. The summed E-state index contributed by atoms with van der Waals surface area (Å²) in [6, 6.07) is 16.1. The molecule has 4 heteroatoms. The van der Waals surface area contributed by atoms with E-state index in [0.29, 0.717) is 12.5 Å². The molecule has 1 heterocycles. The van der Waals surface area contributed by atoms with E-state index in [2.05, 4.69) is 38.2 Å². The van der Waals surface area contributed by atoms with Crippen molar-refractivity contribution in [1.29, 1.82) is 0 Å². The Bertz CT molecular complexity index is 864. The molecule has 0 saturated carbocycles. The van der Waals surface area contributed by atoms with Crippen LogP contribution >= 0.6 is 0 Å². The zero-order valence-corrected chi connectivity index (χ0v) is 14.4. The standard InChI is InChI=1S/C20H23N3O/c1-14(2)12-21-19(24)13-23-18-11-7-6-10-17(18)22-20(23)16-9-5-4-8-15(16)3/h4-11,14H,12-13H2,1-3H3,(H,21,24). The maximum atomic E-state index is 12.4. The summed E-state index contributed by atoms with van der Waals surface area (Å²) in [4.78, 5) is 17.1. The molecule has 2 aromatic carbocycles. The number of aromatic nitrogens is 2. The van der Waals surface area contributed by atoms with Crippen LogP contribution in [-0.4, -0.2) is 22.0 Å². The molecule has 0 radical (unpaired) electrons. The molecule has 0 aliphatic heterocycles. The number of nitrogens with one attached hydrogen (secondary N) is 1. The lowest BCUT2D eigenvalue weighted by molar-refractivity contribution is -0.121. The molecule has 3 aromatic rings. The first kappa shape index (κ1) is 16.2. The Labute approximate surface area is 142 Å². The van der Waals surface area contributed by atoms with Crippen molar-refractivity contribution in [2.45, 2.75) is 27.3 Å². The number of hydrogen-bond donors (Lipinski definition) is 1. The number of rotatable bonds is 5. The average Bonchev–Trinajstić information content (AvgIpc) is 2.92. The van der Waals surface area contributed by atoms with E-state index in [0.717, 1.165) is 28.0 Å². The Morgan fingerprint density at radius 2 is 1.83 bits per heavy atom. The largest absolute Gasteiger partial charge is 0.354 e. The van der Waals surface area contributed by atoms with Gasteiger partial charge in [0.2, 0.25) is 5.91 Å². The summed E-state index contributed by atoms with van der Waals surface area (Å²) in [5, 5.41) is 2.99. The molecular weight excluding hydrogens is 298 g/mol. The summed E-state index contributed by atoms with van der Waals surface area (Å²) in [5.74, 6) is 1.29. The zero-order chi connectivity index (χ0) is 17.1. The van der Waals surface area contributed by atoms with Crippen LogP contribution in [0.25, 0.3) is 22.4 Å². The number of amides is 1. The first-order chi connectivity index (χ1) is 11.6. The van der Waals surface area contributed by atoms with Gasteiger partial charge in [-0.25, -0.2) is 4.98 Å². The highest BCUT2D eigenvalue weighted by Gasteiger charge is 2.16. The third-order valence-corrected chi connectivity index (χ3v) is 4.05. The van der Waals surface area contributed by atoms with Gasteiger partial charge in [-0.3, -0.25) is 4.79 Å². The van der Waals surface area contributed by atoms with Crippen molar-refractivity contribution in [3.63, 3.8) is 0 Å². The van der Waals surface area contributed by atoms with Crippen LogP contribution < -0.4 is 5.32 Å². The van der Waals surface area contributed by atoms with E-state index in [-0.39, 0.29) is 12.5 Å². The first-order valence-corrected chi connectivity index (χ1v) is 8.34. The van der Waals surface area contributed by atoms with E-state index in [1.165, 1.54) is 0 Å². The molecule has 0 spiro atoms. The molecule has 0 saturated heterocycles. The Hall–Kier alpha value is -2.62. The summed E-state index contributed by atoms with van der Waals surface area (Å²) in [6.45, 7) is 7.21. The molecule has 1 amide bonds. The highest BCUT2D eigenvalue weighted by Crippen LogP contribution is 2.27. The minimum Gasteiger partial charge on any atom is -0.354 e. The van der Waals surface area contributed by atoms with Crippen molar-refractivity contribution in [2.75, 3.05) is 6.54 Å². The average molecular weight is 321 g/mol. The van der Waals surface area contributed by atoms with E-state index < -0.39 is 0 Å². The highest BCUT2D eigenvalue weighted by atomic mass is 16.1. The van der Waals surface area contributed by atoms with Crippen molar-refractivity contribution in [3.8, 4) is 11.4 Å². The normalized spacial score (nSPS) is 11.2. The van der Waals surface area contributed by atoms with Gasteiger partial charge in [0.15, 0.2) is 0 Å². The minimum absolute atomic E-state index is 0.0155. The third kappa shape index (κ3) is 3.32. The second-order valence-corrected chi connectivity index (χ2v) is 6.52. The van der Waals surface area contributed by atoms with Crippen molar-refractivity contribution in [1.82, 2.24) is 14.9 Å². The smallest absolute Gasteiger partial charge is 0.240 e. The number of fused-ring (bicyclic) bond motifs is 1. The predicted octanol–water partition coefficient (Wildman–Crippen LogP) is 3.78. The van der Waals surface area contributed by atoms with E-state index >= 15 is 0 Å². The van der Waals surface area contributed by atoms with Crippen LogP contribution in [0.1, 0.15) is 19.4 Å². The van der Waals surface area contributed by atoms with Gasteiger partial charge in [0.05, 0.1) is 11.0 Å². The Balaban J connectivity index is 2.03. The SMILES string of the molecule is Cc1ccccc1-c1nc2ccccc2n1CC(=O)NCC(C)C. The lowest BCUT2D eigenvalue weighted by Gasteiger charge is -2.12. The Morgan fingerprint density at radius 1 is 1.12 bits per heavy atom. The molecule has 0 atom stereocenters. The van der Waals surface area contributed by atoms with Gasteiger partial charge in [-0.2, -0.15) is 0 Å². The molecule has 24 heavy (non-hydrogen) atoms. The summed E-state index contributed by atoms with van der Waals surface area (Å²) in [5.41, 5.74) is 4.10. The van der Waals surface area contributed by atoms with Crippen LogP contribution in [0.5, 0.6) is 0 Å². The fourth-order valence-corrected chi connectivity index (χ4v) is 2.78. The van der Waals surface area contributed by atoms with Crippen LogP contribution in [-0.2, 0) is 11.3 Å². The summed E-state index contributed by atoms with van der Waals surface area (Å²) < 4.78 is 2.01. The highest BCUT2D eigenvalue weighted by molar-refractivity contribution is 5.84. The molecule has 1 N–H and O–H groups in total. The van der Waals surface area contributed by atoms with Crippen LogP contribution in [0.15, 0.2) is 48.5 Å². The maximum absolute atomic E-state index is 12.4. The number of imidazole rings is 1. The van der Waals surface area contributed by atoms with Gasteiger partial charge >= 0.3 is 0 Å². The molecule has 3 rings (SSSR count). The summed E-state index contributed by atoms with van der Waals surface area (Å²) in [6.07, 6.45) is 0. The Morgan fingerprint density at radius 3 is 2.58 bits per heavy atom. The van der Waals surface area contributed by atoms with Gasteiger partial charge in [-0.15, -0.1) is 0 Å². The first-order valence-electron chi connectivity index (χ1n) is 8.34. The lowest BCUT2D eigenvalue weighted by Crippen LogP contribution is -2.30. The molecule has 0 unspecified atom stereocenters. The third-order valence-electron chi connectivity index (χ3n) is 4.05. The van der Waals surface area contributed by atoms with E-state index in [4.69, 9.17) is 4.98 Å². The van der Waals surface area contributed by atoms with Crippen molar-refractivity contribution in [2.24, 2.45) is 5.92 Å². The molecule has 124 valence electrons. The molecule has 0 fully saturated rings. The van der Waals surface area contributed by atoms with E-state index in [1.54, 1.807) is 0 Å². The van der Waals surface area contributed by atoms with Crippen molar-refractivity contribution < 1.29 is 4.79 Å². The zero-order valence-electron chi connectivity index (χ0n) is 14.4. The maximum Gasteiger partial charge on any atom is 0.240 e. The number of nitrogens with zero attached hydrogens (tertiary/aromatic N) is 2. The molecule has 4 nitrogen and oxygen atoms in total. The summed E-state index contributed by atoms with van der Waals surface area (Å²) in [7, 11) is 0. The van der Waals surface area contributed by atoms with Gasteiger partial charge in [0.25, 0.3) is 0 Å². The number of carbonyl (C=O) groups excluding carboxylic acids is 1. The second-order valence-electron chi connectivity index (χ2n) is 6.52. The van der Waals surface area contributed by atoms with Crippen LogP contribution in [0.4, 0.5) is 0 Å². The molecule has 0 bridgehead atoms. The van der Waals surface area contributed by atoms with Gasteiger partial charge in [0, 0.05) is 12.1 Å². The van der Waals surface area contributed by atoms with Crippen molar-refractivity contribution >= 4 is 16.9 Å². The number of carbonyl (C=O) groups is 1. The Kier molecular flexibility index (Phi) is 4.65. The molecular formula is C20H23N3O. The van der Waals surface area contributed by atoms with E-state index in [1.807, 2.05) is 41.0 Å². The topological polar surface area (TPSA) is 46.9 Å². The van der Waals surface area contributed by atoms with Crippen molar-refractivity contribution in [3.05, 3.63) is 54.1 Å². The van der Waals surface area contributed by atoms with Crippen LogP contribution in [0.3, 0.4) is 0 Å². The van der Waals surface area contributed by atoms with E-state index in [9.17, 15) is 4.79 Å². The van der Waals surface area contributed by atoms with Crippen LogP contribution in [0, 0.1) is 12.8 Å². The monoisotopic (exact) mass is 321 g/mol. The molecule has 0 aliphatic carbocycles. The summed E-state index contributed by atoms with van der Waals surface area (Å²) >= 11 is 0. The van der Waals surface area contributed by atoms with Gasteiger partial charge in [-0.1, -0.05) is 50.2 Å².